The lowest BCUT2D eigenvalue weighted by Gasteiger charge is -2.25. The lowest BCUT2D eigenvalue weighted by molar-refractivity contribution is 0.00661. The minimum absolute atomic E-state index is 0.0588. The van der Waals surface area contributed by atoms with Gasteiger partial charge in [0.15, 0.2) is 0 Å². The van der Waals surface area contributed by atoms with Crippen LogP contribution in [0.15, 0.2) is 41.4 Å². The van der Waals surface area contributed by atoms with Crippen LogP contribution in [-0.2, 0) is 19.5 Å². The Hall–Kier alpha value is -2.81. The second-order valence-electron chi connectivity index (χ2n) is 9.84. The summed E-state index contributed by atoms with van der Waals surface area (Å²) in [5.41, 5.74) is -0.449. The van der Waals surface area contributed by atoms with Gasteiger partial charge in [-0.2, -0.15) is 0 Å². The summed E-state index contributed by atoms with van der Waals surface area (Å²) in [6.07, 6.45) is 0.899. The van der Waals surface area contributed by atoms with E-state index >= 15 is 0 Å². The number of nitrogens with zero attached hydrogens (tertiary/aromatic N) is 1. The van der Waals surface area contributed by atoms with E-state index < -0.39 is 39.3 Å². The van der Waals surface area contributed by atoms with E-state index in [2.05, 4.69) is 5.32 Å². The molecule has 1 aromatic heterocycles. The van der Waals surface area contributed by atoms with E-state index in [1.165, 1.54) is 24.4 Å². The van der Waals surface area contributed by atoms with Gasteiger partial charge in [-0.15, -0.1) is 0 Å². The van der Waals surface area contributed by atoms with E-state index in [9.17, 15) is 18.0 Å². The number of benzene rings is 1. The third-order valence-corrected chi connectivity index (χ3v) is 6.22. The minimum atomic E-state index is -4.05. The predicted molar refractivity (Wildman–Crippen MR) is 126 cm³/mol. The summed E-state index contributed by atoms with van der Waals surface area (Å²) in [5, 5.41) is 2.70. The smallest absolute Gasteiger partial charge is 0.408 e. The molecule has 0 saturated heterocycles. The number of ether oxygens (including phenoxy) is 2. The number of rotatable bonds is 6. The predicted octanol–water partition coefficient (Wildman–Crippen LogP) is 4.96. The van der Waals surface area contributed by atoms with E-state index in [0.29, 0.717) is 6.42 Å². The van der Waals surface area contributed by atoms with Crippen LogP contribution in [0, 0.1) is 6.92 Å². The molecule has 33 heavy (non-hydrogen) atoms. The number of amides is 1. The molecule has 0 spiro atoms. The van der Waals surface area contributed by atoms with Crippen LogP contribution in [0.3, 0.4) is 0 Å². The van der Waals surface area contributed by atoms with E-state index in [4.69, 9.17) is 9.47 Å². The molecule has 1 aromatic carbocycles. The Morgan fingerprint density at radius 1 is 0.970 bits per heavy atom. The minimum Gasteiger partial charge on any atom is -0.456 e. The van der Waals surface area contributed by atoms with Gasteiger partial charge >= 0.3 is 12.1 Å². The molecule has 0 unspecified atom stereocenters. The fourth-order valence-electron chi connectivity index (χ4n) is 3.12. The Bertz CT molecular complexity index is 1100. The van der Waals surface area contributed by atoms with Gasteiger partial charge in [0.1, 0.15) is 11.2 Å². The van der Waals surface area contributed by atoms with Gasteiger partial charge in [-0.3, -0.25) is 0 Å². The number of nitrogens with one attached hydrogen (secondary N) is 1. The maximum Gasteiger partial charge on any atom is 0.408 e. The number of carbonyl (C=O) groups is 2. The molecule has 1 N–H and O–H groups in total. The van der Waals surface area contributed by atoms with Crippen LogP contribution >= 0.6 is 0 Å². The number of hydrogen-bond acceptors (Lipinski definition) is 6. The number of esters is 1. The van der Waals surface area contributed by atoms with Crippen molar-refractivity contribution in [2.24, 2.45) is 0 Å². The lowest BCUT2D eigenvalue weighted by Crippen LogP contribution is -2.37. The van der Waals surface area contributed by atoms with Gasteiger partial charge in [0.25, 0.3) is 10.0 Å². The van der Waals surface area contributed by atoms with Gasteiger partial charge in [-0.05, 0) is 73.1 Å². The molecule has 182 valence electrons. The molecule has 0 bridgehead atoms. The maximum absolute atomic E-state index is 13.5. The molecule has 0 aliphatic rings. The second kappa shape index (κ2) is 9.59. The molecule has 1 atom stereocenters. The molecule has 0 radical (unpaired) electrons. The average Bonchev–Trinajstić information content (AvgIpc) is 3.09. The molecule has 8 nitrogen and oxygen atoms in total. The largest absolute Gasteiger partial charge is 0.456 e. The van der Waals surface area contributed by atoms with Crippen LogP contribution in [0.25, 0.3) is 0 Å². The van der Waals surface area contributed by atoms with E-state index in [0.717, 1.165) is 9.54 Å². The third-order valence-electron chi connectivity index (χ3n) is 4.52. The fourth-order valence-corrected chi connectivity index (χ4v) is 4.53. The molecule has 1 amide bonds. The Balaban J connectivity index is 2.62. The Morgan fingerprint density at radius 3 is 2.00 bits per heavy atom. The van der Waals surface area contributed by atoms with Gasteiger partial charge < -0.3 is 14.8 Å². The number of aryl methyl sites for hydroxylation is 1. The van der Waals surface area contributed by atoms with Crippen LogP contribution in [0.4, 0.5) is 4.79 Å². The van der Waals surface area contributed by atoms with Crippen molar-refractivity contribution in [1.82, 2.24) is 9.29 Å². The molecule has 2 rings (SSSR count). The molecule has 0 aliphatic carbocycles. The van der Waals surface area contributed by atoms with E-state index in [-0.39, 0.29) is 16.2 Å². The average molecular weight is 479 g/mol. The maximum atomic E-state index is 13.5. The van der Waals surface area contributed by atoms with Crippen molar-refractivity contribution >= 4 is 22.1 Å². The molecule has 0 aliphatic heterocycles. The van der Waals surface area contributed by atoms with Gasteiger partial charge in [-0.25, -0.2) is 22.0 Å². The van der Waals surface area contributed by atoms with Crippen molar-refractivity contribution < 1.29 is 27.5 Å². The highest BCUT2D eigenvalue weighted by Gasteiger charge is 2.32. The zero-order valence-corrected chi connectivity index (χ0v) is 21.4. The van der Waals surface area contributed by atoms with Crippen molar-refractivity contribution in [3.63, 3.8) is 0 Å². The quantitative estimate of drug-likeness (QED) is 0.588. The van der Waals surface area contributed by atoms with Crippen molar-refractivity contribution in [2.45, 2.75) is 84.0 Å². The molecular weight excluding hydrogens is 444 g/mol. The Labute approximate surface area is 196 Å². The second-order valence-corrected chi connectivity index (χ2v) is 11.7. The van der Waals surface area contributed by atoms with Crippen LogP contribution < -0.4 is 5.32 Å². The summed E-state index contributed by atoms with van der Waals surface area (Å²) in [7, 11) is -4.05. The molecular formula is C24H34N2O6S. The highest BCUT2D eigenvalue weighted by atomic mass is 32.2. The Kier molecular flexibility index (Phi) is 7.68. The zero-order valence-electron chi connectivity index (χ0n) is 20.6. The van der Waals surface area contributed by atoms with E-state index in [1.54, 1.807) is 60.6 Å². The van der Waals surface area contributed by atoms with Crippen molar-refractivity contribution in [3.8, 4) is 0 Å². The Morgan fingerprint density at radius 2 is 1.52 bits per heavy atom. The molecule has 1 heterocycles. The molecule has 9 heteroatoms. The van der Waals surface area contributed by atoms with Crippen LogP contribution in [0.5, 0.6) is 0 Å². The van der Waals surface area contributed by atoms with Crippen molar-refractivity contribution in [1.29, 1.82) is 0 Å². The molecule has 0 fully saturated rings. The fraction of sp³-hybridized carbons (Fsp3) is 0.500. The summed E-state index contributed by atoms with van der Waals surface area (Å²) in [4.78, 5) is 25.5. The number of aromatic nitrogens is 1. The van der Waals surface area contributed by atoms with Crippen LogP contribution in [-0.4, -0.2) is 35.7 Å². The topological polar surface area (TPSA) is 104 Å². The SMILES string of the molecule is CC[C@@H](NC(=O)OC(C)(C)C)c1c(C(=O)OC(C)(C)C)ccn1S(=O)(=O)c1ccc(C)cc1. The highest BCUT2D eigenvalue weighted by molar-refractivity contribution is 7.90. The summed E-state index contributed by atoms with van der Waals surface area (Å²) in [6, 6.07) is 6.97. The van der Waals surface area contributed by atoms with Gasteiger partial charge in [0.05, 0.1) is 22.2 Å². The van der Waals surface area contributed by atoms with Crippen LogP contribution in [0.2, 0.25) is 0 Å². The first-order valence-electron chi connectivity index (χ1n) is 10.8. The summed E-state index contributed by atoms with van der Waals surface area (Å²) in [5.74, 6) is -0.681. The number of alkyl carbamates (subject to hydrolysis) is 1. The molecule has 2 aromatic rings. The van der Waals surface area contributed by atoms with Gasteiger partial charge in [0, 0.05) is 6.20 Å². The summed E-state index contributed by atoms with van der Waals surface area (Å²) >= 11 is 0. The van der Waals surface area contributed by atoms with Crippen LogP contribution in [0.1, 0.15) is 82.5 Å². The molecule has 0 saturated carbocycles. The third kappa shape index (κ3) is 6.83. The highest BCUT2D eigenvalue weighted by Crippen LogP contribution is 2.29. The zero-order chi connectivity index (χ0) is 25.2. The number of hydrogen-bond donors (Lipinski definition) is 1. The first-order chi connectivity index (χ1) is 15.0. The monoisotopic (exact) mass is 478 g/mol. The van der Waals surface area contributed by atoms with Gasteiger partial charge in [0.2, 0.25) is 0 Å². The van der Waals surface area contributed by atoms with Gasteiger partial charge in [-0.1, -0.05) is 24.6 Å². The lowest BCUT2D eigenvalue weighted by atomic mass is 10.1. The summed E-state index contributed by atoms with van der Waals surface area (Å²) < 4.78 is 38.9. The van der Waals surface area contributed by atoms with Crippen molar-refractivity contribution in [3.05, 3.63) is 53.3 Å². The first-order valence-corrected chi connectivity index (χ1v) is 12.3. The normalized spacial score (nSPS) is 13.3. The number of carbonyl (C=O) groups excluding carboxylic acids is 2. The van der Waals surface area contributed by atoms with E-state index in [1.807, 2.05) is 6.92 Å². The first kappa shape index (κ1) is 26.4. The summed E-state index contributed by atoms with van der Waals surface area (Å²) in [6.45, 7) is 14.0. The standard InChI is InChI=1S/C24H34N2O6S/c1-9-19(25-22(28)32-24(6,7)8)20-18(21(27)31-23(3,4)5)14-15-26(20)33(29,30)17-12-10-16(2)11-13-17/h10-15,19H,9H2,1-8H3,(H,25,28)/t19-/m1/s1. The van der Waals surface area contributed by atoms with Crippen molar-refractivity contribution in [2.75, 3.05) is 0 Å².